The van der Waals surface area contributed by atoms with Gasteiger partial charge in [0.2, 0.25) is 5.78 Å². The first-order valence-corrected chi connectivity index (χ1v) is 2.79. The van der Waals surface area contributed by atoms with Gasteiger partial charge in [0, 0.05) is 5.57 Å². The third kappa shape index (κ3) is 0.857. The molecule has 0 amide bonds. The molecular weight excluding hydrogens is 132 g/mol. The Morgan fingerprint density at radius 3 is 2.50 bits per heavy atom. The van der Waals surface area contributed by atoms with Gasteiger partial charge in [0.1, 0.15) is 0 Å². The molecule has 0 aromatic rings. The van der Waals surface area contributed by atoms with E-state index in [2.05, 4.69) is 6.58 Å². The van der Waals surface area contributed by atoms with Crippen LogP contribution in [0.3, 0.4) is 0 Å². The summed E-state index contributed by atoms with van der Waals surface area (Å²) in [5.41, 5.74) is 0.239. The Balaban J connectivity index is 3.03. The number of carbonyl (C=O) groups excluding carboxylic acids is 2. The summed E-state index contributed by atoms with van der Waals surface area (Å²) < 4.78 is 0. The zero-order chi connectivity index (χ0) is 7.72. The van der Waals surface area contributed by atoms with Crippen molar-refractivity contribution in [2.45, 2.75) is 6.42 Å². The lowest BCUT2D eigenvalue weighted by molar-refractivity contribution is -0.133. The van der Waals surface area contributed by atoms with E-state index in [0.29, 0.717) is 0 Å². The minimum atomic E-state index is -0.851. The first-order chi connectivity index (χ1) is 4.63. The van der Waals surface area contributed by atoms with E-state index in [0.717, 1.165) is 0 Å². The van der Waals surface area contributed by atoms with Crippen molar-refractivity contribution in [2.75, 3.05) is 0 Å². The molecule has 1 rings (SSSR count). The lowest BCUT2D eigenvalue weighted by Gasteiger charge is -2.05. The summed E-state index contributed by atoms with van der Waals surface area (Å²) in [5, 5.41) is 8.72. The standard InChI is InChI=1S/C7H6O3/c1-4-2-3-5(8)7(10)6(4)9/h3,8H,1-2H2. The minimum absolute atomic E-state index is 0.239. The van der Waals surface area contributed by atoms with E-state index in [9.17, 15) is 9.59 Å². The van der Waals surface area contributed by atoms with Crippen LogP contribution in [-0.4, -0.2) is 16.7 Å². The fourth-order valence-electron chi connectivity index (χ4n) is 0.682. The summed E-state index contributed by atoms with van der Waals surface area (Å²) in [6.07, 6.45) is 1.56. The van der Waals surface area contributed by atoms with Crippen LogP contribution < -0.4 is 0 Å². The fourth-order valence-corrected chi connectivity index (χ4v) is 0.682. The molecule has 3 nitrogen and oxygen atoms in total. The maximum Gasteiger partial charge on any atom is 0.267 e. The normalized spacial score (nSPS) is 19.2. The van der Waals surface area contributed by atoms with Gasteiger partial charge in [0.05, 0.1) is 0 Å². The van der Waals surface area contributed by atoms with Crippen molar-refractivity contribution in [3.05, 3.63) is 24.0 Å². The summed E-state index contributed by atoms with van der Waals surface area (Å²) >= 11 is 0. The molecule has 0 radical (unpaired) electrons. The SMILES string of the molecule is C=C1CC=C(O)C(=O)C1=O. The Bertz CT molecular complexity index is 248. The van der Waals surface area contributed by atoms with Gasteiger partial charge in [-0.2, -0.15) is 0 Å². The highest BCUT2D eigenvalue weighted by Crippen LogP contribution is 2.12. The highest BCUT2D eigenvalue weighted by molar-refractivity contribution is 6.49. The molecule has 52 valence electrons. The molecule has 0 atom stereocenters. The zero-order valence-corrected chi connectivity index (χ0v) is 5.26. The predicted molar refractivity (Wildman–Crippen MR) is 34.5 cm³/mol. The van der Waals surface area contributed by atoms with E-state index in [1.54, 1.807) is 0 Å². The van der Waals surface area contributed by atoms with Gasteiger partial charge in [0.25, 0.3) is 5.78 Å². The number of hydrogen-bond donors (Lipinski definition) is 1. The van der Waals surface area contributed by atoms with Crippen LogP contribution in [0.1, 0.15) is 6.42 Å². The van der Waals surface area contributed by atoms with Crippen LogP contribution in [0.2, 0.25) is 0 Å². The summed E-state index contributed by atoms with van der Waals surface area (Å²) in [6.45, 7) is 3.35. The maximum atomic E-state index is 10.7. The Hall–Kier alpha value is -1.38. The van der Waals surface area contributed by atoms with Crippen molar-refractivity contribution >= 4 is 11.6 Å². The van der Waals surface area contributed by atoms with Gasteiger partial charge in [-0.3, -0.25) is 9.59 Å². The molecule has 0 heterocycles. The van der Waals surface area contributed by atoms with E-state index in [1.165, 1.54) is 6.08 Å². The number of Topliss-reactive ketones (excluding diaryl/α,β-unsaturated/α-hetero) is 2. The van der Waals surface area contributed by atoms with Gasteiger partial charge < -0.3 is 5.11 Å². The van der Waals surface area contributed by atoms with Crippen molar-refractivity contribution in [2.24, 2.45) is 0 Å². The summed E-state index contributed by atoms with van der Waals surface area (Å²) in [5.74, 6) is -1.99. The molecule has 0 bridgehead atoms. The molecule has 0 unspecified atom stereocenters. The van der Waals surface area contributed by atoms with Crippen molar-refractivity contribution in [1.29, 1.82) is 0 Å². The molecule has 0 aromatic heterocycles. The molecule has 1 aliphatic rings. The monoisotopic (exact) mass is 138 g/mol. The van der Waals surface area contributed by atoms with Crippen LogP contribution in [-0.2, 0) is 9.59 Å². The molecular formula is C7H6O3. The van der Waals surface area contributed by atoms with Crippen LogP contribution in [0.15, 0.2) is 24.0 Å². The quantitative estimate of drug-likeness (QED) is 0.392. The number of carbonyl (C=O) groups is 2. The third-order valence-electron chi connectivity index (χ3n) is 1.30. The van der Waals surface area contributed by atoms with Gasteiger partial charge in [-0.15, -0.1) is 0 Å². The highest BCUT2D eigenvalue weighted by atomic mass is 16.3. The van der Waals surface area contributed by atoms with Crippen LogP contribution in [0.5, 0.6) is 0 Å². The van der Waals surface area contributed by atoms with Gasteiger partial charge in [0.15, 0.2) is 5.76 Å². The third-order valence-corrected chi connectivity index (χ3v) is 1.30. The van der Waals surface area contributed by atoms with E-state index in [4.69, 9.17) is 5.11 Å². The summed E-state index contributed by atoms with van der Waals surface area (Å²) in [6, 6.07) is 0. The number of aliphatic hydroxyl groups excluding tert-OH is 1. The Labute approximate surface area is 57.7 Å². The molecule has 0 saturated carbocycles. The van der Waals surface area contributed by atoms with E-state index in [-0.39, 0.29) is 12.0 Å². The fraction of sp³-hybridized carbons (Fsp3) is 0.143. The highest BCUT2D eigenvalue weighted by Gasteiger charge is 2.24. The number of hydrogen-bond acceptors (Lipinski definition) is 3. The van der Waals surface area contributed by atoms with Crippen molar-refractivity contribution in [3.8, 4) is 0 Å². The van der Waals surface area contributed by atoms with E-state index in [1.807, 2.05) is 0 Å². The predicted octanol–water partition coefficient (Wildman–Crippen LogP) is 0.526. The first kappa shape index (κ1) is 6.74. The zero-order valence-electron chi connectivity index (χ0n) is 5.26. The van der Waals surface area contributed by atoms with Crippen LogP contribution in [0.25, 0.3) is 0 Å². The molecule has 3 heteroatoms. The molecule has 1 aliphatic carbocycles. The maximum absolute atomic E-state index is 10.7. The summed E-state index contributed by atoms with van der Waals surface area (Å²) in [4.78, 5) is 21.3. The second kappa shape index (κ2) is 2.10. The Morgan fingerprint density at radius 2 is 2.00 bits per heavy atom. The molecule has 10 heavy (non-hydrogen) atoms. The molecule has 0 saturated heterocycles. The number of rotatable bonds is 0. The van der Waals surface area contributed by atoms with Crippen LogP contribution in [0.4, 0.5) is 0 Å². The van der Waals surface area contributed by atoms with Crippen molar-refractivity contribution < 1.29 is 14.7 Å². The molecule has 0 fully saturated rings. The second-order valence-corrected chi connectivity index (χ2v) is 2.06. The molecule has 0 aliphatic heterocycles. The van der Waals surface area contributed by atoms with Crippen molar-refractivity contribution in [1.82, 2.24) is 0 Å². The van der Waals surface area contributed by atoms with Gasteiger partial charge in [-0.05, 0) is 12.5 Å². The molecule has 1 N–H and O–H groups in total. The average Bonchev–Trinajstić information content (AvgIpc) is 1.93. The van der Waals surface area contributed by atoms with Crippen LogP contribution in [0, 0.1) is 0 Å². The second-order valence-electron chi connectivity index (χ2n) is 2.06. The van der Waals surface area contributed by atoms with Gasteiger partial charge in [-0.25, -0.2) is 0 Å². The lowest BCUT2D eigenvalue weighted by Crippen LogP contribution is -2.21. The van der Waals surface area contributed by atoms with E-state index >= 15 is 0 Å². The summed E-state index contributed by atoms with van der Waals surface area (Å²) in [7, 11) is 0. The van der Waals surface area contributed by atoms with Crippen molar-refractivity contribution in [3.63, 3.8) is 0 Å². The Morgan fingerprint density at radius 1 is 1.40 bits per heavy atom. The average molecular weight is 138 g/mol. The number of aliphatic hydroxyl groups is 1. The first-order valence-electron chi connectivity index (χ1n) is 2.79. The van der Waals surface area contributed by atoms with Gasteiger partial charge >= 0.3 is 0 Å². The largest absolute Gasteiger partial charge is 0.504 e. The Kier molecular flexibility index (Phi) is 1.41. The number of allylic oxidation sites excluding steroid dienone is 3. The minimum Gasteiger partial charge on any atom is -0.504 e. The van der Waals surface area contributed by atoms with Crippen LogP contribution >= 0.6 is 0 Å². The van der Waals surface area contributed by atoms with Gasteiger partial charge in [-0.1, -0.05) is 6.58 Å². The topological polar surface area (TPSA) is 54.4 Å². The smallest absolute Gasteiger partial charge is 0.267 e. The van der Waals surface area contributed by atoms with E-state index < -0.39 is 17.3 Å². The lowest BCUT2D eigenvalue weighted by atomic mass is 9.99. The number of ketones is 2. The molecule has 0 aromatic carbocycles. The molecule has 0 spiro atoms.